The smallest absolute Gasteiger partial charge is 0.0900 e. The third-order valence-corrected chi connectivity index (χ3v) is 4.15. The van der Waals surface area contributed by atoms with Crippen molar-refractivity contribution in [3.8, 4) is 0 Å². The summed E-state index contributed by atoms with van der Waals surface area (Å²) in [6, 6.07) is 7.68. The van der Waals surface area contributed by atoms with Crippen molar-refractivity contribution in [3.63, 3.8) is 0 Å². The summed E-state index contributed by atoms with van der Waals surface area (Å²) in [7, 11) is 0. The van der Waals surface area contributed by atoms with E-state index in [1.807, 2.05) is 24.3 Å². The monoisotopic (exact) mass is 313 g/mol. The largest absolute Gasteiger partial charge is 0.395 e. The second-order valence-electron chi connectivity index (χ2n) is 5.62. The lowest BCUT2D eigenvalue weighted by Crippen LogP contribution is -2.46. The number of nitrogens with zero attached hydrogens (tertiary/aromatic N) is 1. The SMILES string of the molecule is OC[C@H]1CCCCN1CC(O)COCc1ccc(Cl)cc1. The van der Waals surface area contributed by atoms with Crippen molar-refractivity contribution in [2.75, 3.05) is 26.3 Å². The van der Waals surface area contributed by atoms with Gasteiger partial charge in [-0.05, 0) is 37.1 Å². The van der Waals surface area contributed by atoms with E-state index in [2.05, 4.69) is 4.90 Å². The van der Waals surface area contributed by atoms with Gasteiger partial charge in [-0.25, -0.2) is 0 Å². The maximum atomic E-state index is 10.1. The van der Waals surface area contributed by atoms with Crippen LogP contribution < -0.4 is 0 Å². The number of benzene rings is 1. The predicted octanol–water partition coefficient (Wildman–Crippen LogP) is 2.06. The Morgan fingerprint density at radius 3 is 2.76 bits per heavy atom. The molecule has 1 fully saturated rings. The van der Waals surface area contributed by atoms with Crippen LogP contribution in [-0.4, -0.2) is 53.6 Å². The minimum Gasteiger partial charge on any atom is -0.395 e. The molecular weight excluding hydrogens is 290 g/mol. The molecule has 0 saturated carbocycles. The molecule has 118 valence electrons. The molecule has 5 heteroatoms. The summed E-state index contributed by atoms with van der Waals surface area (Å²) in [5.41, 5.74) is 1.04. The van der Waals surface area contributed by atoms with Crippen molar-refractivity contribution < 1.29 is 14.9 Å². The molecule has 4 nitrogen and oxygen atoms in total. The second kappa shape index (κ2) is 8.71. The minimum atomic E-state index is -0.524. The summed E-state index contributed by atoms with van der Waals surface area (Å²) in [6.45, 7) is 2.44. The van der Waals surface area contributed by atoms with E-state index in [-0.39, 0.29) is 12.6 Å². The molecule has 1 saturated heterocycles. The van der Waals surface area contributed by atoms with Crippen molar-refractivity contribution in [2.45, 2.75) is 38.0 Å². The molecule has 1 heterocycles. The van der Waals surface area contributed by atoms with Gasteiger partial charge in [0.25, 0.3) is 0 Å². The predicted molar refractivity (Wildman–Crippen MR) is 83.4 cm³/mol. The molecule has 0 spiro atoms. The van der Waals surface area contributed by atoms with Crippen LogP contribution in [0.25, 0.3) is 0 Å². The lowest BCUT2D eigenvalue weighted by atomic mass is 10.0. The summed E-state index contributed by atoms with van der Waals surface area (Å²) < 4.78 is 5.55. The topological polar surface area (TPSA) is 52.9 Å². The average molecular weight is 314 g/mol. The van der Waals surface area contributed by atoms with Crippen molar-refractivity contribution >= 4 is 11.6 Å². The number of aliphatic hydroxyl groups excluding tert-OH is 2. The van der Waals surface area contributed by atoms with Gasteiger partial charge in [0.1, 0.15) is 0 Å². The molecule has 2 N–H and O–H groups in total. The standard InChI is InChI=1S/C16H24ClNO3/c17-14-6-4-13(5-7-14)11-21-12-16(20)9-18-8-2-1-3-15(18)10-19/h4-7,15-16,19-20H,1-3,8-12H2/t15-,16?/m1/s1. The molecule has 0 radical (unpaired) electrons. The Kier molecular flexibility index (Phi) is 6.93. The Morgan fingerprint density at radius 1 is 1.29 bits per heavy atom. The molecule has 2 rings (SSSR count). The highest BCUT2D eigenvalue weighted by molar-refractivity contribution is 6.30. The summed E-state index contributed by atoms with van der Waals surface area (Å²) in [6.07, 6.45) is 2.78. The first-order chi connectivity index (χ1) is 10.2. The van der Waals surface area contributed by atoms with E-state index in [0.29, 0.717) is 24.8 Å². The second-order valence-corrected chi connectivity index (χ2v) is 6.06. The zero-order valence-electron chi connectivity index (χ0n) is 12.2. The molecule has 0 bridgehead atoms. The fourth-order valence-electron chi connectivity index (χ4n) is 2.72. The number of likely N-dealkylation sites (tertiary alicyclic amines) is 1. The number of rotatable bonds is 7. The first-order valence-electron chi connectivity index (χ1n) is 7.54. The van der Waals surface area contributed by atoms with E-state index in [9.17, 15) is 10.2 Å². The van der Waals surface area contributed by atoms with Crippen LogP contribution in [0.4, 0.5) is 0 Å². The van der Waals surface area contributed by atoms with Crippen LogP contribution in [0.3, 0.4) is 0 Å². The minimum absolute atomic E-state index is 0.165. The first kappa shape index (κ1) is 16.7. The van der Waals surface area contributed by atoms with Crippen LogP contribution in [0.5, 0.6) is 0 Å². The molecule has 0 amide bonds. The molecule has 1 aliphatic heterocycles. The molecule has 1 unspecified atom stereocenters. The highest BCUT2D eigenvalue weighted by Crippen LogP contribution is 2.17. The number of halogens is 1. The lowest BCUT2D eigenvalue weighted by molar-refractivity contribution is -0.0106. The average Bonchev–Trinajstić information content (AvgIpc) is 2.50. The molecule has 2 atom stereocenters. The van der Waals surface area contributed by atoms with Gasteiger partial charge in [0.15, 0.2) is 0 Å². The number of β-amino-alcohol motifs (C(OH)–C–C–N with tert-alkyl or cyclic N) is 1. The summed E-state index contributed by atoms with van der Waals surface area (Å²) in [5, 5.41) is 20.1. The highest BCUT2D eigenvalue weighted by atomic mass is 35.5. The number of ether oxygens (including phenoxy) is 1. The molecule has 1 aromatic carbocycles. The van der Waals surface area contributed by atoms with Gasteiger partial charge in [-0.1, -0.05) is 30.2 Å². The fraction of sp³-hybridized carbons (Fsp3) is 0.625. The van der Waals surface area contributed by atoms with Crippen molar-refractivity contribution in [2.24, 2.45) is 0 Å². The van der Waals surface area contributed by atoms with E-state index in [1.54, 1.807) is 0 Å². The maximum absolute atomic E-state index is 10.1. The van der Waals surface area contributed by atoms with Gasteiger partial charge in [-0.3, -0.25) is 4.90 Å². The van der Waals surface area contributed by atoms with Crippen LogP contribution in [0.2, 0.25) is 5.02 Å². The molecule has 1 aliphatic rings. The van der Waals surface area contributed by atoms with Crippen LogP contribution in [0.1, 0.15) is 24.8 Å². The molecule has 0 aliphatic carbocycles. The van der Waals surface area contributed by atoms with Crippen LogP contribution in [0.15, 0.2) is 24.3 Å². The summed E-state index contributed by atoms with van der Waals surface area (Å²) in [5.74, 6) is 0. The molecule has 1 aromatic rings. The van der Waals surface area contributed by atoms with E-state index >= 15 is 0 Å². The van der Waals surface area contributed by atoms with E-state index in [4.69, 9.17) is 16.3 Å². The lowest BCUT2D eigenvalue weighted by Gasteiger charge is -2.35. The van der Waals surface area contributed by atoms with Gasteiger partial charge < -0.3 is 14.9 Å². The Labute approximate surface area is 131 Å². The van der Waals surface area contributed by atoms with Crippen LogP contribution in [-0.2, 0) is 11.3 Å². The van der Waals surface area contributed by atoms with Crippen molar-refractivity contribution in [1.29, 1.82) is 0 Å². The zero-order chi connectivity index (χ0) is 15.1. The number of piperidine rings is 1. The molecular formula is C16H24ClNO3. The zero-order valence-corrected chi connectivity index (χ0v) is 13.0. The fourth-order valence-corrected chi connectivity index (χ4v) is 2.85. The Bertz CT molecular complexity index is 412. The van der Waals surface area contributed by atoms with Crippen LogP contribution >= 0.6 is 11.6 Å². The number of aliphatic hydroxyl groups is 2. The van der Waals surface area contributed by atoms with Crippen LogP contribution in [0, 0.1) is 0 Å². The van der Waals surface area contributed by atoms with Gasteiger partial charge in [0.2, 0.25) is 0 Å². The third-order valence-electron chi connectivity index (χ3n) is 3.90. The summed E-state index contributed by atoms with van der Waals surface area (Å²) >= 11 is 5.83. The first-order valence-corrected chi connectivity index (χ1v) is 7.92. The van der Waals surface area contributed by atoms with E-state index in [1.165, 1.54) is 0 Å². The normalized spacial score (nSPS) is 21.4. The van der Waals surface area contributed by atoms with Crippen molar-refractivity contribution in [1.82, 2.24) is 4.90 Å². The highest BCUT2D eigenvalue weighted by Gasteiger charge is 2.23. The van der Waals surface area contributed by atoms with Gasteiger partial charge in [0.05, 0.1) is 25.9 Å². The summed E-state index contributed by atoms with van der Waals surface area (Å²) in [4.78, 5) is 2.17. The van der Waals surface area contributed by atoms with E-state index in [0.717, 1.165) is 31.4 Å². The Balaban J connectivity index is 1.69. The maximum Gasteiger partial charge on any atom is 0.0900 e. The molecule has 0 aromatic heterocycles. The third kappa shape index (κ3) is 5.57. The number of hydrogen-bond donors (Lipinski definition) is 2. The Hall–Kier alpha value is -0.650. The van der Waals surface area contributed by atoms with Gasteiger partial charge in [-0.15, -0.1) is 0 Å². The van der Waals surface area contributed by atoms with Gasteiger partial charge >= 0.3 is 0 Å². The number of hydrogen-bond acceptors (Lipinski definition) is 4. The molecule has 21 heavy (non-hydrogen) atoms. The van der Waals surface area contributed by atoms with E-state index < -0.39 is 6.10 Å². The van der Waals surface area contributed by atoms with Gasteiger partial charge in [0, 0.05) is 17.6 Å². The van der Waals surface area contributed by atoms with Crippen molar-refractivity contribution in [3.05, 3.63) is 34.9 Å². The Morgan fingerprint density at radius 2 is 2.05 bits per heavy atom. The van der Waals surface area contributed by atoms with Gasteiger partial charge in [-0.2, -0.15) is 0 Å². The quantitative estimate of drug-likeness (QED) is 0.809.